The average molecular weight is 256 g/mol. The van der Waals surface area contributed by atoms with Gasteiger partial charge in [-0.3, -0.25) is 4.79 Å². The summed E-state index contributed by atoms with van der Waals surface area (Å²) < 4.78 is 0. The molecular weight excluding hydrogens is 232 g/mol. The number of hydrogen-bond donors (Lipinski definition) is 1. The van der Waals surface area contributed by atoms with Crippen molar-refractivity contribution in [3.8, 4) is 0 Å². The van der Waals surface area contributed by atoms with Crippen molar-refractivity contribution < 1.29 is 14.7 Å². The van der Waals surface area contributed by atoms with Crippen LogP contribution in [0.2, 0.25) is 0 Å². The number of nitrogens with zero attached hydrogens (tertiary/aromatic N) is 2. The Morgan fingerprint density at radius 1 is 1.28 bits per heavy atom. The Morgan fingerprint density at radius 3 is 2.22 bits per heavy atom. The molecule has 1 unspecified atom stereocenters. The van der Waals surface area contributed by atoms with Crippen molar-refractivity contribution in [2.75, 3.05) is 20.1 Å². The Morgan fingerprint density at radius 2 is 1.83 bits per heavy atom. The fourth-order valence-electron chi connectivity index (χ4n) is 2.29. The van der Waals surface area contributed by atoms with E-state index in [1.165, 1.54) is 0 Å². The highest BCUT2D eigenvalue weighted by atomic mass is 16.4. The molecule has 0 spiro atoms. The molecule has 5 nitrogen and oxygen atoms in total. The smallest absolute Gasteiger partial charge is 0.320 e. The summed E-state index contributed by atoms with van der Waals surface area (Å²) in [4.78, 5) is 26.7. The van der Waals surface area contributed by atoms with Gasteiger partial charge in [-0.15, -0.1) is 0 Å². The van der Waals surface area contributed by atoms with E-state index in [4.69, 9.17) is 5.11 Å². The molecule has 0 aromatic rings. The molecule has 1 N–H and O–H groups in total. The zero-order valence-electron chi connectivity index (χ0n) is 11.9. The molecule has 0 aromatic heterocycles. The molecular formula is C13H24N2O3. The molecule has 0 aliphatic carbocycles. The molecule has 0 saturated carbocycles. The van der Waals surface area contributed by atoms with Gasteiger partial charge < -0.3 is 14.9 Å². The lowest BCUT2D eigenvalue weighted by Crippen LogP contribution is -2.46. The number of amides is 2. The summed E-state index contributed by atoms with van der Waals surface area (Å²) in [7, 11) is 1.78. The van der Waals surface area contributed by atoms with Gasteiger partial charge in [0.15, 0.2) is 0 Å². The van der Waals surface area contributed by atoms with E-state index < -0.39 is 11.9 Å². The molecule has 1 heterocycles. The number of carboxylic acids is 1. The van der Waals surface area contributed by atoms with E-state index in [0.29, 0.717) is 19.0 Å². The second-order valence-corrected chi connectivity index (χ2v) is 5.71. The van der Waals surface area contributed by atoms with Crippen LogP contribution in [0.1, 0.15) is 27.7 Å². The third-order valence-corrected chi connectivity index (χ3v) is 4.08. The first-order valence-electron chi connectivity index (χ1n) is 6.50. The third kappa shape index (κ3) is 2.94. The highest BCUT2D eigenvalue weighted by Gasteiger charge is 2.38. The maximum Gasteiger partial charge on any atom is 0.320 e. The minimum absolute atomic E-state index is 0.0224. The van der Waals surface area contributed by atoms with Crippen LogP contribution in [0.5, 0.6) is 0 Å². The first kappa shape index (κ1) is 14.8. The molecule has 0 bridgehead atoms. The van der Waals surface area contributed by atoms with E-state index >= 15 is 0 Å². The van der Waals surface area contributed by atoms with Crippen molar-refractivity contribution in [1.29, 1.82) is 0 Å². The monoisotopic (exact) mass is 256 g/mol. The average Bonchev–Trinajstić information content (AvgIpc) is 2.68. The highest BCUT2D eigenvalue weighted by Crippen LogP contribution is 2.24. The van der Waals surface area contributed by atoms with Crippen molar-refractivity contribution in [2.45, 2.75) is 33.7 Å². The Kier molecular flexibility index (Phi) is 4.59. The van der Waals surface area contributed by atoms with Gasteiger partial charge in [0.1, 0.15) is 0 Å². The molecule has 1 rings (SSSR count). The zero-order chi connectivity index (χ0) is 14.0. The fourth-order valence-corrected chi connectivity index (χ4v) is 2.29. The minimum atomic E-state index is -0.808. The summed E-state index contributed by atoms with van der Waals surface area (Å²) in [5.74, 6) is -0.836. The van der Waals surface area contributed by atoms with E-state index in [2.05, 4.69) is 13.8 Å². The first-order valence-corrected chi connectivity index (χ1v) is 6.50. The van der Waals surface area contributed by atoms with Gasteiger partial charge in [0.2, 0.25) is 0 Å². The van der Waals surface area contributed by atoms with Gasteiger partial charge in [0.05, 0.1) is 5.92 Å². The molecule has 2 amide bonds. The normalized spacial score (nSPS) is 25.3. The van der Waals surface area contributed by atoms with Crippen LogP contribution in [0.3, 0.4) is 0 Å². The predicted octanol–water partition coefficient (Wildman–Crippen LogP) is 1.74. The van der Waals surface area contributed by atoms with Gasteiger partial charge >= 0.3 is 12.0 Å². The van der Waals surface area contributed by atoms with E-state index in [-0.39, 0.29) is 18.0 Å². The third-order valence-electron chi connectivity index (χ3n) is 4.08. The number of urea groups is 1. The van der Waals surface area contributed by atoms with E-state index in [1.54, 1.807) is 16.8 Å². The molecule has 1 aliphatic heterocycles. The Bertz CT molecular complexity index is 330. The van der Waals surface area contributed by atoms with Crippen LogP contribution in [-0.2, 0) is 4.79 Å². The van der Waals surface area contributed by atoms with Crippen LogP contribution in [0.4, 0.5) is 4.79 Å². The number of hydrogen-bond acceptors (Lipinski definition) is 2. The maximum absolute atomic E-state index is 12.3. The van der Waals surface area contributed by atoms with Crippen molar-refractivity contribution in [3.05, 3.63) is 0 Å². The molecule has 104 valence electrons. The standard InChI is InChI=1S/C13H24N2O3/c1-8(2)10(4)14(5)13(18)15-6-9(3)11(7-15)12(16)17/h8-11H,6-7H2,1-5H3,(H,16,17)/t9-,10?,11-/m1/s1. The molecule has 3 atom stereocenters. The summed E-state index contributed by atoms with van der Waals surface area (Å²) in [6.45, 7) is 8.90. The van der Waals surface area contributed by atoms with Gasteiger partial charge in [0.25, 0.3) is 0 Å². The van der Waals surface area contributed by atoms with Gasteiger partial charge in [-0.25, -0.2) is 4.79 Å². The van der Waals surface area contributed by atoms with E-state index in [9.17, 15) is 9.59 Å². The van der Waals surface area contributed by atoms with Crippen molar-refractivity contribution in [3.63, 3.8) is 0 Å². The minimum Gasteiger partial charge on any atom is -0.481 e. The van der Waals surface area contributed by atoms with Crippen molar-refractivity contribution in [2.24, 2.45) is 17.8 Å². The van der Waals surface area contributed by atoms with E-state index in [1.807, 2.05) is 13.8 Å². The zero-order valence-corrected chi connectivity index (χ0v) is 11.9. The van der Waals surface area contributed by atoms with Crippen LogP contribution in [0.15, 0.2) is 0 Å². The quantitative estimate of drug-likeness (QED) is 0.836. The lowest BCUT2D eigenvalue weighted by Gasteiger charge is -2.31. The summed E-state index contributed by atoms with van der Waals surface area (Å²) in [6.07, 6.45) is 0. The van der Waals surface area contributed by atoms with Gasteiger partial charge in [0, 0.05) is 26.2 Å². The van der Waals surface area contributed by atoms with Crippen molar-refractivity contribution >= 4 is 12.0 Å². The molecule has 1 aliphatic rings. The Hall–Kier alpha value is -1.26. The lowest BCUT2D eigenvalue weighted by atomic mass is 9.99. The summed E-state index contributed by atoms with van der Waals surface area (Å²) in [5, 5.41) is 9.07. The SMILES string of the molecule is CC(C)C(C)N(C)C(=O)N1C[C@@H](C)[C@H](C(=O)O)C1. The lowest BCUT2D eigenvalue weighted by molar-refractivity contribution is -0.142. The number of aliphatic carboxylic acids is 1. The molecule has 0 radical (unpaired) electrons. The number of carbonyl (C=O) groups excluding carboxylic acids is 1. The number of likely N-dealkylation sites (tertiary alicyclic amines) is 1. The molecule has 5 heteroatoms. The predicted molar refractivity (Wildman–Crippen MR) is 69.3 cm³/mol. The molecule has 1 saturated heterocycles. The molecule has 18 heavy (non-hydrogen) atoms. The number of carbonyl (C=O) groups is 2. The second-order valence-electron chi connectivity index (χ2n) is 5.71. The van der Waals surface area contributed by atoms with Gasteiger partial charge in [-0.1, -0.05) is 20.8 Å². The largest absolute Gasteiger partial charge is 0.481 e. The highest BCUT2D eigenvalue weighted by molar-refractivity contribution is 5.77. The fraction of sp³-hybridized carbons (Fsp3) is 0.846. The van der Waals surface area contributed by atoms with E-state index in [0.717, 1.165) is 0 Å². The number of carboxylic acid groups (broad SMARTS) is 1. The first-order chi connectivity index (χ1) is 8.25. The molecule has 0 aromatic carbocycles. The van der Waals surface area contributed by atoms with Crippen molar-refractivity contribution in [1.82, 2.24) is 9.80 Å². The summed E-state index contributed by atoms with van der Waals surface area (Å²) in [5.41, 5.74) is 0. The number of rotatable bonds is 3. The summed E-state index contributed by atoms with van der Waals surface area (Å²) in [6, 6.07) is 0.0866. The second kappa shape index (κ2) is 5.59. The van der Waals surface area contributed by atoms with Crippen LogP contribution in [-0.4, -0.2) is 53.1 Å². The van der Waals surface area contributed by atoms with Gasteiger partial charge in [-0.2, -0.15) is 0 Å². The summed E-state index contributed by atoms with van der Waals surface area (Å²) >= 11 is 0. The molecule has 1 fully saturated rings. The van der Waals surface area contributed by atoms with Crippen LogP contribution in [0, 0.1) is 17.8 Å². The Labute approximate surface area is 109 Å². The topological polar surface area (TPSA) is 60.9 Å². The van der Waals surface area contributed by atoms with Gasteiger partial charge in [-0.05, 0) is 18.8 Å². The van der Waals surface area contributed by atoms with Crippen LogP contribution in [0.25, 0.3) is 0 Å². The van der Waals surface area contributed by atoms with Crippen LogP contribution < -0.4 is 0 Å². The Balaban J connectivity index is 2.67. The maximum atomic E-state index is 12.3. The van der Waals surface area contributed by atoms with Crippen LogP contribution >= 0.6 is 0 Å².